The highest BCUT2D eigenvalue weighted by molar-refractivity contribution is 5.97. The highest BCUT2D eigenvalue weighted by Crippen LogP contribution is 2.30. The number of halogens is 2. The summed E-state index contributed by atoms with van der Waals surface area (Å²) in [6.07, 6.45) is 4.16. The van der Waals surface area contributed by atoms with Crippen LogP contribution in [0.15, 0.2) is 82.8 Å². The van der Waals surface area contributed by atoms with Crippen molar-refractivity contribution < 1.29 is 18.3 Å². The molecule has 1 N–H and O–H groups in total. The van der Waals surface area contributed by atoms with Crippen LogP contribution in [0.2, 0.25) is 0 Å². The lowest BCUT2D eigenvalue weighted by molar-refractivity contribution is 0.0990. The number of ketones is 1. The van der Waals surface area contributed by atoms with Gasteiger partial charge in [-0.1, -0.05) is 6.07 Å². The molecule has 0 aliphatic rings. The zero-order valence-electron chi connectivity index (χ0n) is 20.4. The van der Waals surface area contributed by atoms with Gasteiger partial charge in [0.05, 0.1) is 11.1 Å². The topological polar surface area (TPSA) is 99.0 Å². The number of Topliss-reactive ketones (excluding diaryl/α,β-unsaturated/α-hetero) is 1. The van der Waals surface area contributed by atoms with E-state index >= 15 is 0 Å². The number of benzene rings is 2. The zero-order chi connectivity index (χ0) is 27.0. The van der Waals surface area contributed by atoms with Crippen molar-refractivity contribution >= 4 is 16.8 Å². The number of nitrogens with one attached hydrogen (secondary N) is 1. The number of hydrogen-bond acceptors (Lipinski definition) is 5. The van der Waals surface area contributed by atoms with E-state index in [1.54, 1.807) is 32.2 Å². The molecule has 0 bridgehead atoms. The van der Waals surface area contributed by atoms with E-state index in [0.717, 1.165) is 16.7 Å². The summed E-state index contributed by atoms with van der Waals surface area (Å²) in [5, 5.41) is 0.684. The molecule has 0 saturated carbocycles. The normalized spacial score (nSPS) is 11.3. The first-order valence-corrected chi connectivity index (χ1v) is 11.8. The number of H-pyrrole nitrogens is 1. The van der Waals surface area contributed by atoms with Gasteiger partial charge in [0.2, 0.25) is 0 Å². The molecule has 0 atom stereocenters. The van der Waals surface area contributed by atoms with Gasteiger partial charge in [0, 0.05) is 31.1 Å². The van der Waals surface area contributed by atoms with E-state index in [9.17, 15) is 23.2 Å². The molecule has 0 amide bonds. The third kappa shape index (κ3) is 4.63. The summed E-state index contributed by atoms with van der Waals surface area (Å²) in [5.74, 6) is -1.45. The predicted octanol–water partition coefficient (Wildman–Crippen LogP) is 4.95. The van der Waals surface area contributed by atoms with Crippen molar-refractivity contribution in [2.45, 2.75) is 26.3 Å². The lowest BCUT2D eigenvalue weighted by Gasteiger charge is -2.15. The molecule has 5 aromatic rings. The van der Waals surface area contributed by atoms with E-state index in [0.29, 0.717) is 22.3 Å². The highest BCUT2D eigenvalue weighted by atomic mass is 19.1. The molecule has 3 heterocycles. The maximum absolute atomic E-state index is 14.9. The second kappa shape index (κ2) is 9.89. The summed E-state index contributed by atoms with van der Waals surface area (Å²) in [6.45, 7) is 3.46. The van der Waals surface area contributed by atoms with Crippen molar-refractivity contribution in [3.8, 4) is 17.2 Å². The molecule has 10 heteroatoms. The van der Waals surface area contributed by atoms with Crippen LogP contribution in [0.1, 0.15) is 35.8 Å². The number of rotatable bonds is 7. The fourth-order valence-electron chi connectivity index (χ4n) is 4.11. The number of fused-ring (bicyclic) bond motifs is 1. The van der Waals surface area contributed by atoms with Gasteiger partial charge in [0.25, 0.3) is 5.56 Å². The van der Waals surface area contributed by atoms with Crippen molar-refractivity contribution in [1.29, 1.82) is 0 Å². The summed E-state index contributed by atoms with van der Waals surface area (Å²) in [7, 11) is 0. The Morgan fingerprint density at radius 3 is 2.50 bits per heavy atom. The molecular weight excluding hydrogens is 494 g/mol. The first-order valence-electron chi connectivity index (χ1n) is 11.8. The molecule has 0 saturated heterocycles. The molecule has 38 heavy (non-hydrogen) atoms. The smallest absolute Gasteiger partial charge is 0.335 e. The lowest BCUT2D eigenvalue weighted by atomic mass is 10.0. The van der Waals surface area contributed by atoms with E-state index in [2.05, 4.69) is 9.97 Å². The van der Waals surface area contributed by atoms with Gasteiger partial charge in [-0.15, -0.1) is 0 Å². The van der Waals surface area contributed by atoms with Crippen molar-refractivity contribution in [3.63, 3.8) is 0 Å². The summed E-state index contributed by atoms with van der Waals surface area (Å²) >= 11 is 0. The van der Waals surface area contributed by atoms with Crippen molar-refractivity contribution in [3.05, 3.63) is 117 Å². The van der Waals surface area contributed by atoms with E-state index in [1.807, 2.05) is 0 Å². The second-order valence-corrected chi connectivity index (χ2v) is 8.96. The average molecular weight is 517 g/mol. The van der Waals surface area contributed by atoms with Gasteiger partial charge in [-0.25, -0.2) is 23.1 Å². The molecule has 0 spiro atoms. The average Bonchev–Trinajstić information content (AvgIpc) is 3.36. The van der Waals surface area contributed by atoms with Crippen molar-refractivity contribution in [2.24, 2.45) is 0 Å². The molecule has 0 aliphatic heterocycles. The first-order chi connectivity index (χ1) is 18.2. The quantitative estimate of drug-likeness (QED) is 0.309. The van der Waals surface area contributed by atoms with Crippen molar-refractivity contribution in [2.75, 3.05) is 0 Å². The minimum Gasteiger partial charge on any atom is -0.453 e. The number of nitrogens with zero attached hydrogens (tertiary/aromatic N) is 3. The van der Waals surface area contributed by atoms with Crippen LogP contribution in [0.5, 0.6) is 11.5 Å². The van der Waals surface area contributed by atoms with Crippen LogP contribution in [-0.4, -0.2) is 24.9 Å². The fourth-order valence-corrected chi connectivity index (χ4v) is 4.11. The largest absolute Gasteiger partial charge is 0.453 e. The monoisotopic (exact) mass is 516 g/mol. The summed E-state index contributed by atoms with van der Waals surface area (Å²) in [6, 6.07) is 11.9. The number of hydrogen-bond donors (Lipinski definition) is 1. The Morgan fingerprint density at radius 1 is 1.03 bits per heavy atom. The van der Waals surface area contributed by atoms with Crippen LogP contribution >= 0.6 is 0 Å². The van der Waals surface area contributed by atoms with E-state index in [1.165, 1.54) is 47.3 Å². The third-order valence-corrected chi connectivity index (χ3v) is 6.06. The van der Waals surface area contributed by atoms with E-state index in [4.69, 9.17) is 4.74 Å². The Bertz CT molecular complexity index is 1790. The van der Waals surface area contributed by atoms with Crippen LogP contribution in [0, 0.1) is 11.6 Å². The minimum atomic E-state index is -0.836. The minimum absolute atomic E-state index is 0.0399. The Labute approximate surface area is 214 Å². The van der Waals surface area contributed by atoms with Crippen LogP contribution in [0.4, 0.5) is 8.78 Å². The summed E-state index contributed by atoms with van der Waals surface area (Å²) in [5.41, 5.74) is -0.693. The highest BCUT2D eigenvalue weighted by Gasteiger charge is 2.21. The SMILES string of the molecule is CC(C)n1cc(C(=O)Cc2ccc(Oc3ccnc4[nH]ccc34)c(F)c2)c(=O)n(-c2ccc(F)cc2)c1=O. The molecule has 0 fully saturated rings. The molecular formula is C28H22F2N4O4. The standard InChI is InChI=1S/C28H22F2N4O4/c1-16(2)33-15-21(27(36)34(28(33)37)19-6-4-18(29)5-7-19)23(35)14-17-3-8-25(22(30)13-17)38-24-10-12-32-26-20(24)9-11-31-26/h3-13,15-16H,14H2,1-2H3,(H,31,32). The third-order valence-electron chi connectivity index (χ3n) is 6.06. The maximum Gasteiger partial charge on any atom is 0.335 e. The summed E-state index contributed by atoms with van der Waals surface area (Å²) < 4.78 is 36.2. The van der Waals surface area contributed by atoms with Gasteiger partial charge in [0.1, 0.15) is 22.8 Å². The van der Waals surface area contributed by atoms with Gasteiger partial charge >= 0.3 is 5.69 Å². The molecule has 3 aromatic heterocycles. The molecule has 0 radical (unpaired) electrons. The molecule has 0 unspecified atom stereocenters. The molecule has 192 valence electrons. The number of aromatic amines is 1. The van der Waals surface area contributed by atoms with Crippen LogP contribution in [0.25, 0.3) is 16.7 Å². The number of ether oxygens (including phenoxy) is 1. The lowest BCUT2D eigenvalue weighted by Crippen LogP contribution is -2.42. The Kier molecular flexibility index (Phi) is 6.46. The first kappa shape index (κ1) is 24.8. The van der Waals surface area contributed by atoms with Gasteiger partial charge < -0.3 is 9.72 Å². The van der Waals surface area contributed by atoms with E-state index in [-0.39, 0.29) is 29.5 Å². The van der Waals surface area contributed by atoms with Crippen LogP contribution < -0.4 is 16.0 Å². The Hall–Kier alpha value is -4.86. The number of carbonyl (C=O) groups is 1. The zero-order valence-corrected chi connectivity index (χ0v) is 20.4. The van der Waals surface area contributed by atoms with Gasteiger partial charge in [-0.2, -0.15) is 0 Å². The van der Waals surface area contributed by atoms with Gasteiger partial charge in [-0.05, 0) is 67.9 Å². The van der Waals surface area contributed by atoms with E-state index < -0.39 is 28.7 Å². The molecule has 0 aliphatic carbocycles. The second-order valence-electron chi connectivity index (χ2n) is 8.96. The molecule has 5 rings (SSSR count). The van der Waals surface area contributed by atoms with Crippen LogP contribution in [-0.2, 0) is 6.42 Å². The van der Waals surface area contributed by atoms with Crippen molar-refractivity contribution in [1.82, 2.24) is 19.1 Å². The number of carbonyl (C=O) groups excluding carboxylic acids is 1. The van der Waals surface area contributed by atoms with Gasteiger partial charge in [-0.3, -0.25) is 14.2 Å². The number of aromatic nitrogens is 4. The van der Waals surface area contributed by atoms with Crippen LogP contribution in [0.3, 0.4) is 0 Å². The molecule has 8 nitrogen and oxygen atoms in total. The Balaban J connectivity index is 1.46. The van der Waals surface area contributed by atoms with Gasteiger partial charge in [0.15, 0.2) is 17.3 Å². The predicted molar refractivity (Wildman–Crippen MR) is 137 cm³/mol. The maximum atomic E-state index is 14.9. The fraction of sp³-hybridized carbons (Fsp3) is 0.143. The Morgan fingerprint density at radius 2 is 1.79 bits per heavy atom. The number of pyridine rings is 1. The molecule has 2 aromatic carbocycles. The summed E-state index contributed by atoms with van der Waals surface area (Å²) in [4.78, 5) is 46.6.